The molecule has 2 aromatic rings. The zero-order valence-corrected chi connectivity index (χ0v) is 18.3. The first-order valence-electron chi connectivity index (χ1n) is 9.79. The van der Waals surface area contributed by atoms with Gasteiger partial charge in [0, 0.05) is 23.0 Å². The van der Waals surface area contributed by atoms with Crippen LogP contribution in [0, 0.1) is 0 Å². The Hall–Kier alpha value is -3.52. The number of thioether (sulfide) groups is 1. The van der Waals surface area contributed by atoms with Crippen LogP contribution in [0.15, 0.2) is 78.9 Å². The Morgan fingerprint density at radius 1 is 0.844 bits per heavy atom. The van der Waals surface area contributed by atoms with Gasteiger partial charge in [-0.25, -0.2) is 4.79 Å². The van der Waals surface area contributed by atoms with Crippen molar-refractivity contribution in [1.29, 1.82) is 0 Å². The molecule has 0 amide bonds. The lowest BCUT2D eigenvalue weighted by Gasteiger charge is -2.08. The third-order valence-electron chi connectivity index (χ3n) is 3.88. The van der Waals surface area contributed by atoms with Crippen molar-refractivity contribution in [3.63, 3.8) is 0 Å². The standard InChI is InChI=1S/C24H24O7S/c1-3-22(25)31-16-5-15-29-19-8-6-18(7-9-19)24(27)32-21-12-10-20(11-13-21)30-17-14-23(26)28-4-2/h3-4,6-13H,1-2,5,14-17H2. The van der Waals surface area contributed by atoms with Crippen LogP contribution in [0.1, 0.15) is 23.2 Å². The van der Waals surface area contributed by atoms with E-state index in [-0.39, 0.29) is 24.7 Å². The quantitative estimate of drug-likeness (QED) is 0.142. The van der Waals surface area contributed by atoms with Crippen LogP contribution in [0.5, 0.6) is 11.5 Å². The normalized spacial score (nSPS) is 10.0. The van der Waals surface area contributed by atoms with E-state index in [9.17, 15) is 14.4 Å². The molecule has 0 aliphatic carbocycles. The summed E-state index contributed by atoms with van der Waals surface area (Å²) in [4.78, 5) is 35.4. The Morgan fingerprint density at radius 3 is 2.09 bits per heavy atom. The molecule has 2 rings (SSSR count). The molecule has 0 aliphatic heterocycles. The fourth-order valence-electron chi connectivity index (χ4n) is 2.34. The molecule has 7 nitrogen and oxygen atoms in total. The molecule has 0 N–H and O–H groups in total. The maximum atomic E-state index is 12.5. The first-order chi connectivity index (χ1) is 15.5. The van der Waals surface area contributed by atoms with Crippen molar-refractivity contribution in [3.05, 3.63) is 79.6 Å². The zero-order valence-electron chi connectivity index (χ0n) is 17.5. The summed E-state index contributed by atoms with van der Waals surface area (Å²) >= 11 is 1.10. The fraction of sp³-hybridized carbons (Fsp3) is 0.208. The predicted molar refractivity (Wildman–Crippen MR) is 121 cm³/mol. The van der Waals surface area contributed by atoms with Gasteiger partial charge in [-0.2, -0.15) is 0 Å². The number of carbonyl (C=O) groups is 3. The molecule has 2 aromatic carbocycles. The average Bonchev–Trinajstić information content (AvgIpc) is 2.80. The van der Waals surface area contributed by atoms with Gasteiger partial charge in [-0.3, -0.25) is 9.59 Å². The van der Waals surface area contributed by atoms with Gasteiger partial charge in [0.25, 0.3) is 0 Å². The van der Waals surface area contributed by atoms with E-state index in [0.29, 0.717) is 30.1 Å². The van der Waals surface area contributed by atoms with E-state index < -0.39 is 11.9 Å². The Morgan fingerprint density at radius 2 is 1.47 bits per heavy atom. The summed E-state index contributed by atoms with van der Waals surface area (Å²) in [6, 6.07) is 13.9. The second-order valence-electron chi connectivity index (χ2n) is 6.21. The molecule has 0 spiro atoms. The molecule has 0 aliphatic rings. The molecule has 0 atom stereocenters. The molecule has 0 saturated carbocycles. The number of carbonyl (C=O) groups excluding carboxylic acids is 3. The van der Waals surface area contributed by atoms with Crippen molar-refractivity contribution in [1.82, 2.24) is 0 Å². The monoisotopic (exact) mass is 456 g/mol. The van der Waals surface area contributed by atoms with Gasteiger partial charge < -0.3 is 18.9 Å². The zero-order chi connectivity index (χ0) is 23.2. The molecular formula is C24H24O7S. The maximum absolute atomic E-state index is 12.5. The maximum Gasteiger partial charge on any atom is 0.330 e. The molecule has 168 valence electrons. The molecule has 0 bridgehead atoms. The molecule has 0 unspecified atom stereocenters. The van der Waals surface area contributed by atoms with Crippen molar-refractivity contribution in [3.8, 4) is 11.5 Å². The predicted octanol–water partition coefficient (Wildman–Crippen LogP) is 4.57. The lowest BCUT2D eigenvalue weighted by atomic mass is 10.2. The van der Waals surface area contributed by atoms with Crippen molar-refractivity contribution in [2.45, 2.75) is 17.7 Å². The van der Waals surface area contributed by atoms with Gasteiger partial charge >= 0.3 is 11.9 Å². The third kappa shape index (κ3) is 9.09. The Labute approximate surface area is 191 Å². The molecule has 0 fully saturated rings. The van der Waals surface area contributed by atoms with E-state index >= 15 is 0 Å². The Balaban J connectivity index is 1.75. The van der Waals surface area contributed by atoms with Crippen LogP contribution in [-0.2, 0) is 19.1 Å². The van der Waals surface area contributed by atoms with Gasteiger partial charge in [-0.15, -0.1) is 0 Å². The van der Waals surface area contributed by atoms with Crippen LogP contribution < -0.4 is 9.47 Å². The van der Waals surface area contributed by atoms with Gasteiger partial charge in [0.2, 0.25) is 5.12 Å². The number of esters is 2. The van der Waals surface area contributed by atoms with E-state index in [4.69, 9.17) is 14.2 Å². The van der Waals surface area contributed by atoms with Crippen molar-refractivity contribution in [2.75, 3.05) is 19.8 Å². The Bertz CT molecular complexity index is 920. The van der Waals surface area contributed by atoms with Gasteiger partial charge in [0.05, 0.1) is 32.5 Å². The molecule has 0 saturated heterocycles. The first-order valence-corrected chi connectivity index (χ1v) is 10.6. The lowest BCUT2D eigenvalue weighted by Crippen LogP contribution is -2.07. The van der Waals surface area contributed by atoms with Crippen LogP contribution in [0.3, 0.4) is 0 Å². The number of benzene rings is 2. The van der Waals surface area contributed by atoms with Crippen LogP contribution >= 0.6 is 11.8 Å². The van der Waals surface area contributed by atoms with Gasteiger partial charge in [-0.1, -0.05) is 13.2 Å². The van der Waals surface area contributed by atoms with E-state index in [1.54, 1.807) is 48.5 Å². The molecule has 0 aromatic heterocycles. The minimum Gasteiger partial charge on any atom is -0.493 e. The summed E-state index contributed by atoms with van der Waals surface area (Å²) in [7, 11) is 0. The highest BCUT2D eigenvalue weighted by atomic mass is 32.2. The highest BCUT2D eigenvalue weighted by Gasteiger charge is 2.09. The minimum absolute atomic E-state index is 0.103. The summed E-state index contributed by atoms with van der Waals surface area (Å²) in [5, 5.41) is -0.103. The number of rotatable bonds is 13. The van der Waals surface area contributed by atoms with Crippen LogP contribution in [-0.4, -0.2) is 36.9 Å². The lowest BCUT2D eigenvalue weighted by molar-refractivity contribution is -0.139. The van der Waals surface area contributed by atoms with Gasteiger partial charge in [0.15, 0.2) is 0 Å². The number of hydrogen-bond acceptors (Lipinski definition) is 8. The number of hydrogen-bond donors (Lipinski definition) is 0. The topological polar surface area (TPSA) is 88.1 Å². The average molecular weight is 457 g/mol. The molecule has 32 heavy (non-hydrogen) atoms. The summed E-state index contributed by atoms with van der Waals surface area (Å²) in [6.07, 6.45) is 2.86. The first kappa shape index (κ1) is 24.7. The molecule has 0 radical (unpaired) electrons. The second kappa shape index (κ2) is 13.7. The Kier molecular flexibility index (Phi) is 10.6. The highest BCUT2D eigenvalue weighted by Crippen LogP contribution is 2.26. The summed E-state index contributed by atoms with van der Waals surface area (Å²) in [5.41, 5.74) is 0.545. The number of ether oxygens (including phenoxy) is 4. The van der Waals surface area contributed by atoms with Crippen LogP contribution in [0.2, 0.25) is 0 Å². The smallest absolute Gasteiger partial charge is 0.330 e. The van der Waals surface area contributed by atoms with Gasteiger partial charge in [-0.05, 0) is 60.3 Å². The van der Waals surface area contributed by atoms with E-state index in [1.807, 2.05) is 0 Å². The second-order valence-corrected chi connectivity index (χ2v) is 7.26. The third-order valence-corrected chi connectivity index (χ3v) is 4.81. The summed E-state index contributed by atoms with van der Waals surface area (Å²) in [6.45, 7) is 7.47. The summed E-state index contributed by atoms with van der Waals surface area (Å²) < 4.78 is 20.5. The van der Waals surface area contributed by atoms with E-state index in [0.717, 1.165) is 29.0 Å². The molecular weight excluding hydrogens is 432 g/mol. The van der Waals surface area contributed by atoms with Crippen molar-refractivity contribution >= 4 is 28.8 Å². The van der Waals surface area contributed by atoms with Crippen molar-refractivity contribution < 1.29 is 33.3 Å². The van der Waals surface area contributed by atoms with Crippen molar-refractivity contribution in [2.24, 2.45) is 0 Å². The molecule has 0 heterocycles. The largest absolute Gasteiger partial charge is 0.493 e. The van der Waals surface area contributed by atoms with Gasteiger partial charge in [0.1, 0.15) is 11.5 Å². The minimum atomic E-state index is -0.460. The van der Waals surface area contributed by atoms with E-state index in [1.165, 1.54) is 0 Å². The fourth-order valence-corrected chi connectivity index (χ4v) is 3.08. The van der Waals surface area contributed by atoms with Crippen LogP contribution in [0.4, 0.5) is 0 Å². The highest BCUT2D eigenvalue weighted by molar-refractivity contribution is 8.14. The van der Waals surface area contributed by atoms with Crippen LogP contribution in [0.25, 0.3) is 0 Å². The summed E-state index contributed by atoms with van der Waals surface area (Å²) in [5.74, 6) is 0.343. The van der Waals surface area contributed by atoms with E-state index in [2.05, 4.69) is 17.9 Å². The SMILES string of the molecule is C=COC(=O)CCOc1ccc(SC(=O)c2ccc(OCCCOC(=O)C=C)cc2)cc1. The molecule has 8 heteroatoms.